The molecular weight excluding hydrogens is 361 g/mol. The number of nitrogens with one attached hydrogen (secondary N) is 1. The van der Waals surface area contributed by atoms with E-state index in [0.717, 1.165) is 10.8 Å². The predicted octanol–water partition coefficient (Wildman–Crippen LogP) is 3.47. The number of hydrogen-bond donors (Lipinski definition) is 1. The number of nitrogens with zero attached hydrogens (tertiary/aromatic N) is 3. The maximum Gasteiger partial charge on any atom is 0.410 e. The largest absolute Gasteiger partial charge is 0.410 e. The van der Waals surface area contributed by atoms with Gasteiger partial charge in [-0.2, -0.15) is 18.3 Å². The number of rotatable bonds is 3. The summed E-state index contributed by atoms with van der Waals surface area (Å²) in [4.78, 5) is 25.4. The summed E-state index contributed by atoms with van der Waals surface area (Å²) < 4.78 is 40.6. The van der Waals surface area contributed by atoms with Crippen molar-refractivity contribution in [3.05, 3.63) is 54.2 Å². The number of carbonyl (C=O) groups is 2. The number of aryl methyl sites for hydroxylation is 1. The van der Waals surface area contributed by atoms with Gasteiger partial charge in [0.2, 0.25) is 5.91 Å². The quantitative estimate of drug-likeness (QED) is 0.832. The van der Waals surface area contributed by atoms with Crippen molar-refractivity contribution in [3.63, 3.8) is 0 Å². The molecular formula is C18H17F3N4O2. The first-order chi connectivity index (χ1) is 12.7. The number of carbonyl (C=O) groups excluding carboxylic acids is 2. The molecule has 0 fully saturated rings. The molecule has 142 valence electrons. The van der Waals surface area contributed by atoms with Crippen LogP contribution in [0.5, 0.6) is 0 Å². The predicted molar refractivity (Wildman–Crippen MR) is 93.6 cm³/mol. The molecule has 0 aliphatic carbocycles. The number of benzene rings is 1. The van der Waals surface area contributed by atoms with Gasteiger partial charge in [0.1, 0.15) is 5.82 Å². The average molecular weight is 378 g/mol. The Morgan fingerprint density at radius 2 is 1.96 bits per heavy atom. The lowest BCUT2D eigenvalue weighted by atomic mass is 10.1. The molecule has 1 aliphatic rings. The summed E-state index contributed by atoms with van der Waals surface area (Å²) in [7, 11) is 0. The Balaban J connectivity index is 1.86. The van der Waals surface area contributed by atoms with Gasteiger partial charge >= 0.3 is 6.18 Å². The molecule has 2 aromatic rings. The standard InChI is InChI=1S/C18H17F3N4O2/c1-3-15(26)22-13-6-4-12(5-7-13)17(27)24-9-8-14(18(19,20)21)25-16(24)10-11(2)23-25/h3-7,10,14H,1,8-9H2,2H3,(H,22,26). The molecule has 0 spiro atoms. The molecule has 2 amide bonds. The molecule has 6 nitrogen and oxygen atoms in total. The number of fused-ring (bicyclic) bond motifs is 1. The molecule has 1 aliphatic heterocycles. The second-order valence-corrected chi connectivity index (χ2v) is 6.16. The highest BCUT2D eigenvalue weighted by Crippen LogP contribution is 2.39. The van der Waals surface area contributed by atoms with Crippen LogP contribution in [0.1, 0.15) is 28.5 Å². The summed E-state index contributed by atoms with van der Waals surface area (Å²) in [5.41, 5.74) is 1.18. The van der Waals surface area contributed by atoms with E-state index in [1.54, 1.807) is 19.1 Å². The van der Waals surface area contributed by atoms with Crippen LogP contribution in [0.2, 0.25) is 0 Å². The maximum atomic E-state index is 13.3. The first kappa shape index (κ1) is 18.7. The van der Waals surface area contributed by atoms with E-state index in [4.69, 9.17) is 0 Å². The van der Waals surface area contributed by atoms with Gasteiger partial charge in [0, 0.05) is 23.9 Å². The minimum atomic E-state index is -4.44. The normalized spacial score (nSPS) is 16.6. The molecule has 1 unspecified atom stereocenters. The van der Waals surface area contributed by atoms with Gasteiger partial charge in [-0.25, -0.2) is 4.68 Å². The van der Waals surface area contributed by atoms with Gasteiger partial charge in [-0.05, 0) is 43.7 Å². The smallest absolute Gasteiger partial charge is 0.323 e. The number of halogens is 3. The second kappa shape index (κ2) is 6.90. The maximum absolute atomic E-state index is 13.3. The molecule has 1 atom stereocenters. The SMILES string of the molecule is C=CC(=O)Nc1ccc(C(=O)N2CCC(C(F)(F)F)n3nc(C)cc32)cc1. The van der Waals surface area contributed by atoms with E-state index in [1.807, 2.05) is 0 Å². The van der Waals surface area contributed by atoms with Crippen molar-refractivity contribution in [3.8, 4) is 0 Å². The summed E-state index contributed by atoms with van der Waals surface area (Å²) >= 11 is 0. The molecule has 3 rings (SSSR count). The first-order valence-corrected chi connectivity index (χ1v) is 8.19. The Bertz CT molecular complexity index is 887. The van der Waals surface area contributed by atoms with E-state index in [2.05, 4.69) is 17.0 Å². The van der Waals surface area contributed by atoms with Gasteiger partial charge in [-0.15, -0.1) is 0 Å². The van der Waals surface area contributed by atoms with Gasteiger partial charge in [-0.1, -0.05) is 6.58 Å². The Kier molecular flexibility index (Phi) is 4.77. The number of aromatic nitrogens is 2. The highest BCUT2D eigenvalue weighted by molar-refractivity contribution is 6.06. The lowest BCUT2D eigenvalue weighted by Crippen LogP contribution is -2.43. The van der Waals surface area contributed by atoms with Crippen molar-refractivity contribution in [2.24, 2.45) is 0 Å². The van der Waals surface area contributed by atoms with Crippen LogP contribution in [0.4, 0.5) is 24.7 Å². The van der Waals surface area contributed by atoms with E-state index in [0.29, 0.717) is 16.9 Å². The fraction of sp³-hybridized carbons (Fsp3) is 0.278. The van der Waals surface area contributed by atoms with Crippen LogP contribution in [0.3, 0.4) is 0 Å². The van der Waals surface area contributed by atoms with Gasteiger partial charge in [0.25, 0.3) is 5.91 Å². The van der Waals surface area contributed by atoms with Crippen molar-refractivity contribution in [1.82, 2.24) is 9.78 Å². The Morgan fingerprint density at radius 3 is 2.56 bits per heavy atom. The summed E-state index contributed by atoms with van der Waals surface area (Å²) in [5.74, 6) is -0.698. The minimum absolute atomic E-state index is 0.0664. The van der Waals surface area contributed by atoms with E-state index >= 15 is 0 Å². The van der Waals surface area contributed by atoms with E-state index in [-0.39, 0.29) is 24.7 Å². The number of hydrogen-bond acceptors (Lipinski definition) is 3. The molecule has 0 bridgehead atoms. The van der Waals surface area contributed by atoms with Crippen LogP contribution >= 0.6 is 0 Å². The van der Waals surface area contributed by atoms with Crippen LogP contribution < -0.4 is 10.2 Å². The van der Waals surface area contributed by atoms with Crippen molar-refractivity contribution in [1.29, 1.82) is 0 Å². The Labute approximate surface area is 153 Å². The Hall–Kier alpha value is -3.10. The van der Waals surface area contributed by atoms with Gasteiger partial charge in [0.15, 0.2) is 6.04 Å². The molecule has 0 radical (unpaired) electrons. The molecule has 27 heavy (non-hydrogen) atoms. The number of anilines is 2. The van der Waals surface area contributed by atoms with Crippen molar-refractivity contribution >= 4 is 23.3 Å². The molecule has 2 heterocycles. The topological polar surface area (TPSA) is 67.2 Å². The number of amides is 2. The van der Waals surface area contributed by atoms with Crippen molar-refractivity contribution < 1.29 is 22.8 Å². The van der Waals surface area contributed by atoms with Crippen LogP contribution in [0.25, 0.3) is 0 Å². The Morgan fingerprint density at radius 1 is 1.30 bits per heavy atom. The van der Waals surface area contributed by atoms with Gasteiger partial charge < -0.3 is 5.32 Å². The third-order valence-corrected chi connectivity index (χ3v) is 4.24. The van der Waals surface area contributed by atoms with E-state index in [9.17, 15) is 22.8 Å². The van der Waals surface area contributed by atoms with Crippen molar-refractivity contribution in [2.75, 3.05) is 16.8 Å². The zero-order valence-electron chi connectivity index (χ0n) is 14.5. The fourth-order valence-electron chi connectivity index (χ4n) is 2.98. The summed E-state index contributed by atoms with van der Waals surface area (Å²) in [6.07, 6.45) is -3.59. The molecule has 0 saturated heterocycles. The average Bonchev–Trinajstić information content (AvgIpc) is 3.00. The minimum Gasteiger partial charge on any atom is -0.323 e. The van der Waals surface area contributed by atoms with Gasteiger partial charge in [0.05, 0.1) is 5.69 Å². The molecule has 1 aromatic carbocycles. The van der Waals surface area contributed by atoms with Crippen LogP contribution in [0.15, 0.2) is 43.0 Å². The molecule has 9 heteroatoms. The van der Waals surface area contributed by atoms with Crippen LogP contribution in [-0.2, 0) is 4.79 Å². The number of alkyl halides is 3. The van der Waals surface area contributed by atoms with E-state index in [1.165, 1.54) is 23.1 Å². The zero-order valence-corrected chi connectivity index (χ0v) is 14.5. The van der Waals surface area contributed by atoms with E-state index < -0.39 is 18.1 Å². The molecule has 1 N–H and O–H groups in total. The van der Waals surface area contributed by atoms with Gasteiger partial charge in [-0.3, -0.25) is 14.5 Å². The zero-order chi connectivity index (χ0) is 19.8. The van der Waals surface area contributed by atoms with Crippen LogP contribution in [0, 0.1) is 6.92 Å². The molecule has 1 aromatic heterocycles. The summed E-state index contributed by atoms with van der Waals surface area (Å²) in [5, 5.41) is 6.49. The third-order valence-electron chi connectivity index (χ3n) is 4.24. The lowest BCUT2D eigenvalue weighted by Gasteiger charge is -2.33. The first-order valence-electron chi connectivity index (χ1n) is 8.19. The van der Waals surface area contributed by atoms with Crippen molar-refractivity contribution in [2.45, 2.75) is 25.6 Å². The highest BCUT2D eigenvalue weighted by Gasteiger charge is 2.46. The third kappa shape index (κ3) is 3.71. The second-order valence-electron chi connectivity index (χ2n) is 6.16. The fourth-order valence-corrected chi connectivity index (χ4v) is 2.98. The summed E-state index contributed by atoms with van der Waals surface area (Å²) in [6.45, 7) is 4.86. The highest BCUT2D eigenvalue weighted by atomic mass is 19.4. The lowest BCUT2D eigenvalue weighted by molar-refractivity contribution is -0.172. The monoisotopic (exact) mass is 378 g/mol. The molecule has 0 saturated carbocycles. The summed E-state index contributed by atoms with van der Waals surface area (Å²) in [6, 6.07) is 5.81. The van der Waals surface area contributed by atoms with Crippen LogP contribution in [-0.4, -0.2) is 34.3 Å².